The largest absolute Gasteiger partial charge is 0.489 e. The molecular weight excluding hydrogens is 314 g/mol. The van der Waals surface area contributed by atoms with Crippen LogP contribution in [-0.2, 0) is 11.3 Å². The summed E-state index contributed by atoms with van der Waals surface area (Å²) in [5.74, 6) is 0.797. The highest BCUT2D eigenvalue weighted by Gasteiger charge is 2.55. The molecule has 2 aromatic carbocycles. The Labute approximate surface area is 148 Å². The van der Waals surface area contributed by atoms with Crippen LogP contribution in [0.25, 0.3) is 0 Å². The van der Waals surface area contributed by atoms with Crippen molar-refractivity contribution in [1.82, 2.24) is 0 Å². The second-order valence-corrected chi connectivity index (χ2v) is 7.21. The highest BCUT2D eigenvalue weighted by Crippen LogP contribution is 2.53. The zero-order chi connectivity index (χ0) is 17.3. The van der Waals surface area contributed by atoms with E-state index in [1.165, 1.54) is 0 Å². The first kappa shape index (κ1) is 16.6. The smallest absolute Gasteiger partial charge is 0.119 e. The molecule has 2 aliphatic rings. The summed E-state index contributed by atoms with van der Waals surface area (Å²) in [5.41, 5.74) is 7.73. The van der Waals surface area contributed by atoms with Crippen molar-refractivity contribution in [2.24, 2.45) is 11.1 Å². The molecule has 0 aliphatic carbocycles. The van der Waals surface area contributed by atoms with Crippen molar-refractivity contribution in [2.75, 3.05) is 6.54 Å². The van der Waals surface area contributed by atoms with Crippen LogP contribution < -0.4 is 10.5 Å². The molecule has 4 heteroatoms. The summed E-state index contributed by atoms with van der Waals surface area (Å²) >= 11 is 0. The lowest BCUT2D eigenvalue weighted by Crippen LogP contribution is -2.44. The summed E-state index contributed by atoms with van der Waals surface area (Å²) in [7, 11) is 0. The molecule has 2 aliphatic heterocycles. The summed E-state index contributed by atoms with van der Waals surface area (Å²) < 4.78 is 11.8. The number of rotatable bonds is 6. The third kappa shape index (κ3) is 3.06. The first-order chi connectivity index (χ1) is 12.2. The Balaban J connectivity index is 1.44. The minimum atomic E-state index is -0.601. The summed E-state index contributed by atoms with van der Waals surface area (Å²) in [6.07, 6.45) is 2.67. The molecular formula is C21H25NO3. The van der Waals surface area contributed by atoms with Gasteiger partial charge in [-0.05, 0) is 42.5 Å². The Morgan fingerprint density at radius 2 is 1.88 bits per heavy atom. The van der Waals surface area contributed by atoms with Crippen LogP contribution in [-0.4, -0.2) is 23.9 Å². The molecule has 0 spiro atoms. The average molecular weight is 339 g/mol. The van der Waals surface area contributed by atoms with E-state index < -0.39 is 6.10 Å². The zero-order valence-corrected chi connectivity index (χ0v) is 14.3. The molecule has 4 rings (SSSR count). The Bertz CT molecular complexity index is 703. The summed E-state index contributed by atoms with van der Waals surface area (Å²) in [6, 6.07) is 17.8. The Morgan fingerprint density at radius 3 is 2.48 bits per heavy atom. The van der Waals surface area contributed by atoms with E-state index in [0.29, 0.717) is 13.2 Å². The van der Waals surface area contributed by atoms with Crippen LogP contribution in [0.5, 0.6) is 5.75 Å². The van der Waals surface area contributed by atoms with Gasteiger partial charge < -0.3 is 20.3 Å². The van der Waals surface area contributed by atoms with Crippen LogP contribution >= 0.6 is 0 Å². The molecule has 0 aromatic heterocycles. The predicted molar refractivity (Wildman–Crippen MR) is 96.2 cm³/mol. The van der Waals surface area contributed by atoms with Crippen LogP contribution in [0.1, 0.15) is 36.5 Å². The van der Waals surface area contributed by atoms with Gasteiger partial charge in [-0.1, -0.05) is 42.5 Å². The van der Waals surface area contributed by atoms with Gasteiger partial charge in [0.1, 0.15) is 12.4 Å². The van der Waals surface area contributed by atoms with Crippen molar-refractivity contribution in [2.45, 2.75) is 44.2 Å². The highest BCUT2D eigenvalue weighted by atomic mass is 16.5. The molecule has 4 nitrogen and oxygen atoms in total. The van der Waals surface area contributed by atoms with E-state index in [2.05, 4.69) is 0 Å². The SMILES string of the molecule is NCC1(C(O)c2ccc(OCc3ccccc3)cc2)CC2CCC1O2. The van der Waals surface area contributed by atoms with Gasteiger partial charge in [-0.25, -0.2) is 0 Å². The molecule has 2 saturated heterocycles. The molecule has 4 unspecified atom stereocenters. The van der Waals surface area contributed by atoms with E-state index in [9.17, 15) is 5.11 Å². The van der Waals surface area contributed by atoms with Crippen LogP contribution in [0, 0.1) is 5.41 Å². The number of hydrogen-bond acceptors (Lipinski definition) is 4. The Hall–Kier alpha value is -1.88. The third-order valence-electron chi connectivity index (χ3n) is 5.73. The van der Waals surface area contributed by atoms with Gasteiger partial charge in [-0.3, -0.25) is 0 Å². The quantitative estimate of drug-likeness (QED) is 0.848. The molecule has 2 aromatic rings. The van der Waals surface area contributed by atoms with Gasteiger partial charge in [-0.2, -0.15) is 0 Å². The van der Waals surface area contributed by atoms with Crippen molar-refractivity contribution < 1.29 is 14.6 Å². The summed E-state index contributed by atoms with van der Waals surface area (Å²) in [5, 5.41) is 11.0. The van der Waals surface area contributed by atoms with E-state index in [1.54, 1.807) is 0 Å². The van der Waals surface area contributed by atoms with Crippen molar-refractivity contribution in [3.05, 3.63) is 65.7 Å². The molecule has 2 fully saturated rings. The fourth-order valence-corrected chi connectivity index (χ4v) is 4.27. The van der Waals surface area contributed by atoms with E-state index >= 15 is 0 Å². The highest BCUT2D eigenvalue weighted by molar-refractivity contribution is 5.31. The lowest BCUT2D eigenvalue weighted by Gasteiger charge is -2.38. The van der Waals surface area contributed by atoms with Crippen molar-refractivity contribution in [3.63, 3.8) is 0 Å². The number of nitrogens with two attached hydrogens (primary N) is 1. The Morgan fingerprint density at radius 1 is 1.12 bits per heavy atom. The normalized spacial score (nSPS) is 28.9. The maximum absolute atomic E-state index is 11.0. The summed E-state index contributed by atoms with van der Waals surface area (Å²) in [6.45, 7) is 0.981. The maximum atomic E-state index is 11.0. The molecule has 2 heterocycles. The van der Waals surface area contributed by atoms with E-state index in [4.69, 9.17) is 15.2 Å². The number of ether oxygens (including phenoxy) is 2. The van der Waals surface area contributed by atoms with Crippen molar-refractivity contribution in [3.8, 4) is 5.75 Å². The second kappa shape index (κ2) is 6.79. The fraction of sp³-hybridized carbons (Fsp3) is 0.429. The number of aliphatic hydroxyl groups is 1. The molecule has 3 N–H and O–H groups in total. The Kier molecular flexibility index (Phi) is 4.50. The minimum absolute atomic E-state index is 0.0755. The van der Waals surface area contributed by atoms with Gasteiger partial charge in [0.2, 0.25) is 0 Å². The van der Waals surface area contributed by atoms with Crippen LogP contribution in [0.4, 0.5) is 0 Å². The van der Waals surface area contributed by atoms with Crippen LogP contribution in [0.2, 0.25) is 0 Å². The monoisotopic (exact) mass is 339 g/mol. The molecule has 0 saturated carbocycles. The first-order valence-electron chi connectivity index (χ1n) is 9.01. The lowest BCUT2D eigenvalue weighted by molar-refractivity contribution is -0.0264. The average Bonchev–Trinajstić information content (AvgIpc) is 3.29. The third-order valence-corrected chi connectivity index (χ3v) is 5.73. The van der Waals surface area contributed by atoms with Gasteiger partial charge in [0.15, 0.2) is 0 Å². The fourth-order valence-electron chi connectivity index (χ4n) is 4.27. The van der Waals surface area contributed by atoms with E-state index in [-0.39, 0.29) is 17.6 Å². The predicted octanol–water partition coefficient (Wildman–Crippen LogP) is 3.20. The topological polar surface area (TPSA) is 64.7 Å². The van der Waals surface area contributed by atoms with Gasteiger partial charge in [0.25, 0.3) is 0 Å². The van der Waals surface area contributed by atoms with Crippen molar-refractivity contribution >= 4 is 0 Å². The number of benzene rings is 2. The standard InChI is InChI=1S/C21H25NO3/c22-14-21(12-18-10-11-19(21)25-18)20(23)16-6-8-17(9-7-16)24-13-15-4-2-1-3-5-15/h1-9,18-20,23H,10-14,22H2. The maximum Gasteiger partial charge on any atom is 0.119 e. The summed E-state index contributed by atoms with van der Waals surface area (Å²) in [4.78, 5) is 0. The second-order valence-electron chi connectivity index (χ2n) is 7.21. The van der Waals surface area contributed by atoms with Gasteiger partial charge >= 0.3 is 0 Å². The van der Waals surface area contributed by atoms with Crippen LogP contribution in [0.3, 0.4) is 0 Å². The number of aliphatic hydroxyl groups excluding tert-OH is 1. The molecule has 2 bridgehead atoms. The van der Waals surface area contributed by atoms with Gasteiger partial charge in [0, 0.05) is 12.0 Å². The van der Waals surface area contributed by atoms with Crippen LogP contribution in [0.15, 0.2) is 54.6 Å². The van der Waals surface area contributed by atoms with Gasteiger partial charge in [-0.15, -0.1) is 0 Å². The first-order valence-corrected chi connectivity index (χ1v) is 9.01. The molecule has 25 heavy (non-hydrogen) atoms. The molecule has 0 amide bonds. The van der Waals surface area contributed by atoms with E-state index in [1.807, 2.05) is 54.6 Å². The molecule has 4 atom stereocenters. The van der Waals surface area contributed by atoms with Gasteiger partial charge in [0.05, 0.1) is 18.3 Å². The zero-order valence-electron chi connectivity index (χ0n) is 14.3. The number of hydrogen-bond donors (Lipinski definition) is 2. The minimum Gasteiger partial charge on any atom is -0.489 e. The lowest BCUT2D eigenvalue weighted by atomic mass is 9.68. The molecule has 0 radical (unpaired) electrons. The molecule has 132 valence electrons. The van der Waals surface area contributed by atoms with E-state index in [0.717, 1.165) is 36.1 Å². The van der Waals surface area contributed by atoms with Crippen molar-refractivity contribution in [1.29, 1.82) is 0 Å². The number of fused-ring (bicyclic) bond motifs is 2.